The van der Waals surface area contributed by atoms with E-state index in [1.165, 1.54) is 9.04 Å². The van der Waals surface area contributed by atoms with Gasteiger partial charge >= 0.3 is 0 Å². The van der Waals surface area contributed by atoms with Crippen LogP contribution >= 0.6 is 23.1 Å². The molecule has 1 aromatic heterocycles. The van der Waals surface area contributed by atoms with Crippen LogP contribution in [0.15, 0.2) is 28.6 Å². The first kappa shape index (κ1) is 12.9. The highest BCUT2D eigenvalue weighted by Crippen LogP contribution is 2.30. The van der Waals surface area contributed by atoms with Gasteiger partial charge < -0.3 is 5.32 Å². The second kappa shape index (κ2) is 6.38. The van der Waals surface area contributed by atoms with Crippen LogP contribution in [0.1, 0.15) is 13.8 Å². The van der Waals surface area contributed by atoms with E-state index in [-0.39, 0.29) is 0 Å². The van der Waals surface area contributed by atoms with Crippen LogP contribution in [-0.4, -0.2) is 23.8 Å². The highest BCUT2D eigenvalue weighted by atomic mass is 32.2. The summed E-state index contributed by atoms with van der Waals surface area (Å²) in [5.74, 6) is 1.82. The van der Waals surface area contributed by atoms with Crippen molar-refractivity contribution in [3.8, 4) is 0 Å². The number of aromatic nitrogens is 1. The Balaban J connectivity index is 1.90. The minimum absolute atomic E-state index is 0.687. The summed E-state index contributed by atoms with van der Waals surface area (Å²) in [6.07, 6.45) is 0. The van der Waals surface area contributed by atoms with Crippen LogP contribution in [0.25, 0.3) is 10.2 Å². The molecule has 2 nitrogen and oxygen atoms in total. The van der Waals surface area contributed by atoms with Gasteiger partial charge in [0.05, 0.1) is 10.2 Å². The second-order valence-electron chi connectivity index (χ2n) is 4.17. The second-order valence-corrected chi connectivity index (χ2v) is 6.47. The average molecular weight is 266 g/mol. The lowest BCUT2D eigenvalue weighted by molar-refractivity contribution is 0.574. The average Bonchev–Trinajstić information content (AvgIpc) is 2.76. The Morgan fingerprint density at radius 3 is 3.00 bits per heavy atom. The van der Waals surface area contributed by atoms with E-state index in [0.29, 0.717) is 5.92 Å². The zero-order valence-corrected chi connectivity index (χ0v) is 11.9. The molecule has 0 saturated carbocycles. The normalized spacial score (nSPS) is 13.1. The first-order valence-electron chi connectivity index (χ1n) is 5.98. The fourth-order valence-corrected chi connectivity index (χ4v) is 3.69. The molecule has 0 spiro atoms. The molecular weight excluding hydrogens is 248 g/mol. The van der Waals surface area contributed by atoms with Crippen molar-refractivity contribution in [2.24, 2.45) is 5.92 Å². The van der Waals surface area contributed by atoms with E-state index in [1.807, 2.05) is 17.8 Å². The Kier molecular flexibility index (Phi) is 4.83. The molecule has 0 bridgehead atoms. The lowest BCUT2D eigenvalue weighted by Crippen LogP contribution is -2.21. The predicted octanol–water partition coefficient (Wildman–Crippen LogP) is 3.63. The van der Waals surface area contributed by atoms with Gasteiger partial charge in [-0.2, -0.15) is 0 Å². The fourth-order valence-electron chi connectivity index (χ4n) is 1.58. The van der Waals surface area contributed by atoms with E-state index in [0.717, 1.165) is 24.4 Å². The minimum atomic E-state index is 0.687. The SMILES string of the molecule is CCNCC(C)CSc1nc2ccccc2s1. The molecule has 0 saturated heterocycles. The summed E-state index contributed by atoms with van der Waals surface area (Å²) in [7, 11) is 0. The van der Waals surface area contributed by atoms with Crippen molar-refractivity contribution in [1.82, 2.24) is 10.3 Å². The van der Waals surface area contributed by atoms with Crippen molar-refractivity contribution < 1.29 is 0 Å². The molecule has 17 heavy (non-hydrogen) atoms. The summed E-state index contributed by atoms with van der Waals surface area (Å²) in [6, 6.07) is 8.34. The van der Waals surface area contributed by atoms with E-state index in [2.05, 4.69) is 42.3 Å². The number of nitrogens with one attached hydrogen (secondary N) is 1. The molecule has 1 unspecified atom stereocenters. The topological polar surface area (TPSA) is 24.9 Å². The zero-order chi connectivity index (χ0) is 12.1. The van der Waals surface area contributed by atoms with Crippen molar-refractivity contribution in [3.63, 3.8) is 0 Å². The lowest BCUT2D eigenvalue weighted by atomic mass is 10.2. The Hall–Kier alpha value is -0.580. The lowest BCUT2D eigenvalue weighted by Gasteiger charge is -2.09. The van der Waals surface area contributed by atoms with Crippen LogP contribution < -0.4 is 5.32 Å². The summed E-state index contributed by atoms with van der Waals surface area (Å²) >= 11 is 3.67. The molecular formula is C13H18N2S2. The smallest absolute Gasteiger partial charge is 0.151 e. The maximum Gasteiger partial charge on any atom is 0.151 e. The van der Waals surface area contributed by atoms with Crippen LogP contribution in [0.2, 0.25) is 0 Å². The number of nitrogens with zero attached hydrogens (tertiary/aromatic N) is 1. The van der Waals surface area contributed by atoms with Gasteiger partial charge in [-0.25, -0.2) is 4.98 Å². The Bertz CT molecular complexity index is 434. The molecule has 0 amide bonds. The standard InChI is InChI=1S/C13H18N2S2/c1-3-14-8-10(2)9-16-13-15-11-6-4-5-7-12(11)17-13/h4-7,10,14H,3,8-9H2,1-2H3. The zero-order valence-electron chi connectivity index (χ0n) is 10.3. The summed E-state index contributed by atoms with van der Waals surface area (Å²) in [4.78, 5) is 4.63. The van der Waals surface area contributed by atoms with Crippen molar-refractivity contribution in [2.75, 3.05) is 18.8 Å². The highest BCUT2D eigenvalue weighted by Gasteiger charge is 2.06. The number of rotatable bonds is 6. The molecule has 1 N–H and O–H groups in total. The van der Waals surface area contributed by atoms with Crippen LogP contribution in [0.4, 0.5) is 0 Å². The number of thiazole rings is 1. The van der Waals surface area contributed by atoms with Crippen molar-refractivity contribution in [3.05, 3.63) is 24.3 Å². The van der Waals surface area contributed by atoms with Gasteiger partial charge in [0.2, 0.25) is 0 Å². The van der Waals surface area contributed by atoms with E-state index in [1.54, 1.807) is 11.3 Å². The molecule has 1 aromatic carbocycles. The number of hydrogen-bond acceptors (Lipinski definition) is 4. The molecule has 0 fully saturated rings. The number of hydrogen-bond donors (Lipinski definition) is 1. The van der Waals surface area contributed by atoms with Gasteiger partial charge in [-0.3, -0.25) is 0 Å². The molecule has 0 aliphatic heterocycles. The van der Waals surface area contributed by atoms with Crippen LogP contribution in [0, 0.1) is 5.92 Å². The molecule has 2 rings (SSSR count). The largest absolute Gasteiger partial charge is 0.317 e. The number of para-hydroxylation sites is 1. The molecule has 2 aromatic rings. The van der Waals surface area contributed by atoms with Crippen LogP contribution in [0.5, 0.6) is 0 Å². The first-order valence-corrected chi connectivity index (χ1v) is 7.79. The molecule has 1 heterocycles. The van der Waals surface area contributed by atoms with Gasteiger partial charge in [-0.1, -0.05) is 37.7 Å². The van der Waals surface area contributed by atoms with Crippen molar-refractivity contribution in [1.29, 1.82) is 0 Å². The third-order valence-electron chi connectivity index (χ3n) is 2.51. The van der Waals surface area contributed by atoms with Gasteiger partial charge in [0, 0.05) is 5.75 Å². The van der Waals surface area contributed by atoms with Gasteiger partial charge in [0.25, 0.3) is 0 Å². The first-order chi connectivity index (χ1) is 8.29. The summed E-state index contributed by atoms with van der Waals surface area (Å²) in [6.45, 7) is 6.57. The molecule has 0 aliphatic carbocycles. The third-order valence-corrected chi connectivity index (χ3v) is 5.02. The van der Waals surface area contributed by atoms with Gasteiger partial charge in [0.1, 0.15) is 0 Å². The Labute approximate surface area is 111 Å². The quantitative estimate of drug-likeness (QED) is 0.808. The number of benzene rings is 1. The van der Waals surface area contributed by atoms with Gasteiger partial charge in [-0.15, -0.1) is 11.3 Å². The van der Waals surface area contributed by atoms with Crippen molar-refractivity contribution >= 4 is 33.3 Å². The van der Waals surface area contributed by atoms with E-state index in [4.69, 9.17) is 0 Å². The molecule has 1 atom stereocenters. The molecule has 0 radical (unpaired) electrons. The minimum Gasteiger partial charge on any atom is -0.317 e. The summed E-state index contributed by atoms with van der Waals surface area (Å²) in [5.41, 5.74) is 1.12. The third kappa shape index (κ3) is 3.69. The molecule has 4 heteroatoms. The van der Waals surface area contributed by atoms with Crippen LogP contribution in [0.3, 0.4) is 0 Å². The highest BCUT2D eigenvalue weighted by molar-refractivity contribution is 8.01. The Morgan fingerprint density at radius 1 is 1.41 bits per heavy atom. The fraction of sp³-hybridized carbons (Fsp3) is 0.462. The maximum absolute atomic E-state index is 4.63. The summed E-state index contributed by atoms with van der Waals surface area (Å²) in [5, 5.41) is 3.38. The number of thioether (sulfide) groups is 1. The van der Waals surface area contributed by atoms with E-state index in [9.17, 15) is 0 Å². The molecule has 92 valence electrons. The van der Waals surface area contributed by atoms with Crippen LogP contribution in [-0.2, 0) is 0 Å². The van der Waals surface area contributed by atoms with E-state index < -0.39 is 0 Å². The van der Waals surface area contributed by atoms with E-state index >= 15 is 0 Å². The number of fused-ring (bicyclic) bond motifs is 1. The van der Waals surface area contributed by atoms with Crippen molar-refractivity contribution in [2.45, 2.75) is 18.2 Å². The van der Waals surface area contributed by atoms with Gasteiger partial charge in [0.15, 0.2) is 4.34 Å². The maximum atomic E-state index is 4.63. The summed E-state index contributed by atoms with van der Waals surface area (Å²) < 4.78 is 2.48. The predicted molar refractivity (Wildman–Crippen MR) is 78.1 cm³/mol. The van der Waals surface area contributed by atoms with Gasteiger partial charge in [-0.05, 0) is 31.1 Å². The monoisotopic (exact) mass is 266 g/mol. The Morgan fingerprint density at radius 2 is 2.24 bits per heavy atom. The molecule has 0 aliphatic rings.